The summed E-state index contributed by atoms with van der Waals surface area (Å²) in [7, 11) is 0. The van der Waals surface area contributed by atoms with Crippen LogP contribution in [0.15, 0.2) is 0 Å². The molecule has 0 spiro atoms. The molecule has 0 aromatic rings. The first-order chi connectivity index (χ1) is 18.9. The lowest BCUT2D eigenvalue weighted by Gasteiger charge is -2.25. The van der Waals surface area contributed by atoms with Gasteiger partial charge in [0.05, 0.1) is 0 Å². The van der Waals surface area contributed by atoms with Crippen molar-refractivity contribution in [3.63, 3.8) is 0 Å². The molecule has 1 aliphatic heterocycles. The van der Waals surface area contributed by atoms with Gasteiger partial charge in [0, 0.05) is 13.1 Å². The number of thioether (sulfide) groups is 2. The summed E-state index contributed by atoms with van der Waals surface area (Å²) >= 11 is 4.44. The van der Waals surface area contributed by atoms with Crippen LogP contribution >= 0.6 is 23.5 Å². The Labute approximate surface area is 250 Å². The number of hydrogen-bond donors (Lipinski definition) is 0. The minimum absolute atomic E-state index is 1.30. The van der Waals surface area contributed by atoms with Crippen molar-refractivity contribution in [2.75, 3.05) is 62.3 Å². The number of nitrogens with zero attached hydrogens (tertiary/aromatic N) is 2. The predicted molar refractivity (Wildman–Crippen MR) is 180 cm³/mol. The lowest BCUT2D eigenvalue weighted by Crippen LogP contribution is -2.35. The van der Waals surface area contributed by atoms with E-state index in [1.165, 1.54) is 204 Å². The zero-order valence-corrected chi connectivity index (χ0v) is 28.0. The van der Waals surface area contributed by atoms with Crippen molar-refractivity contribution in [3.8, 4) is 0 Å². The van der Waals surface area contributed by atoms with Crippen LogP contribution in [-0.4, -0.2) is 72.1 Å². The summed E-state index contributed by atoms with van der Waals surface area (Å²) in [5.74, 6) is 5.51. The fraction of sp³-hybridized carbons (Fsp3) is 1.00. The van der Waals surface area contributed by atoms with Crippen LogP contribution in [0.5, 0.6) is 0 Å². The molecule has 1 saturated heterocycles. The van der Waals surface area contributed by atoms with Gasteiger partial charge in [0.1, 0.15) is 0 Å². The van der Waals surface area contributed by atoms with Crippen molar-refractivity contribution in [2.45, 2.75) is 155 Å². The van der Waals surface area contributed by atoms with E-state index in [1.54, 1.807) is 0 Å². The van der Waals surface area contributed by atoms with E-state index in [-0.39, 0.29) is 0 Å². The van der Waals surface area contributed by atoms with Gasteiger partial charge >= 0.3 is 0 Å². The molecule has 1 fully saturated rings. The van der Waals surface area contributed by atoms with Crippen molar-refractivity contribution in [1.82, 2.24) is 9.80 Å². The van der Waals surface area contributed by atoms with Gasteiger partial charge in [-0.3, -0.25) is 0 Å². The molecule has 2 nitrogen and oxygen atoms in total. The van der Waals surface area contributed by atoms with Crippen molar-refractivity contribution in [2.24, 2.45) is 0 Å². The summed E-state index contributed by atoms with van der Waals surface area (Å²) in [6, 6.07) is 0. The van der Waals surface area contributed by atoms with Crippen LogP contribution in [0.2, 0.25) is 0 Å². The third-order valence-electron chi connectivity index (χ3n) is 8.24. The van der Waals surface area contributed by atoms with Gasteiger partial charge in [0.2, 0.25) is 0 Å². The standard InChI is InChI=1S/C34H70N2S2/c1-3-5-7-9-11-13-15-17-21-31-37-33-23-27-36(30-29-35-25-19-20-26-35)28-24-34-38-32-22-18-16-14-12-10-8-6-4-2/h3-34H2,1-2H3. The van der Waals surface area contributed by atoms with E-state index in [4.69, 9.17) is 0 Å². The fourth-order valence-electron chi connectivity index (χ4n) is 5.64. The highest BCUT2D eigenvalue weighted by atomic mass is 32.2. The molecule has 0 bridgehead atoms. The zero-order chi connectivity index (χ0) is 27.2. The van der Waals surface area contributed by atoms with Crippen LogP contribution in [0.25, 0.3) is 0 Å². The molecule has 0 radical (unpaired) electrons. The molecular formula is C34H70N2S2. The molecule has 4 heteroatoms. The zero-order valence-electron chi connectivity index (χ0n) is 26.3. The summed E-state index contributed by atoms with van der Waals surface area (Å²) in [6.07, 6.45) is 31.7. The van der Waals surface area contributed by atoms with Crippen LogP contribution in [0, 0.1) is 0 Å². The van der Waals surface area contributed by atoms with Gasteiger partial charge in [-0.05, 0) is 87.7 Å². The summed E-state index contributed by atoms with van der Waals surface area (Å²) < 4.78 is 0. The molecule has 0 saturated carbocycles. The molecule has 0 aromatic carbocycles. The van der Waals surface area contributed by atoms with Gasteiger partial charge in [0.15, 0.2) is 0 Å². The number of rotatable bonds is 31. The average Bonchev–Trinajstić information content (AvgIpc) is 3.45. The lowest BCUT2D eigenvalue weighted by atomic mass is 10.1. The molecule has 0 atom stereocenters. The van der Waals surface area contributed by atoms with E-state index in [9.17, 15) is 0 Å². The SMILES string of the molecule is CCCCCCCCCCCSCCCN(CCCSCCCCCCCCCCC)CCN1CCCC1. The average molecular weight is 571 g/mol. The maximum atomic E-state index is 2.80. The summed E-state index contributed by atoms with van der Waals surface area (Å²) in [6.45, 7) is 12.5. The molecule has 1 heterocycles. The number of likely N-dealkylation sites (tertiary alicyclic amines) is 1. The first kappa shape index (κ1) is 36.6. The van der Waals surface area contributed by atoms with E-state index in [1.807, 2.05) is 0 Å². The summed E-state index contributed by atoms with van der Waals surface area (Å²) in [5.41, 5.74) is 0. The fourth-order valence-corrected chi connectivity index (χ4v) is 7.53. The Morgan fingerprint density at radius 3 is 1.24 bits per heavy atom. The topological polar surface area (TPSA) is 6.48 Å². The van der Waals surface area contributed by atoms with Gasteiger partial charge in [0.25, 0.3) is 0 Å². The lowest BCUT2D eigenvalue weighted by molar-refractivity contribution is 0.226. The second-order valence-corrected chi connectivity index (χ2v) is 14.4. The smallest absolute Gasteiger partial charge is 0.0109 e. The van der Waals surface area contributed by atoms with Gasteiger partial charge in [-0.15, -0.1) is 0 Å². The molecule has 0 unspecified atom stereocenters. The van der Waals surface area contributed by atoms with E-state index >= 15 is 0 Å². The Morgan fingerprint density at radius 1 is 0.447 bits per heavy atom. The Hall–Kier alpha value is 0.620. The molecule has 38 heavy (non-hydrogen) atoms. The highest BCUT2D eigenvalue weighted by molar-refractivity contribution is 7.99. The maximum Gasteiger partial charge on any atom is 0.0109 e. The normalized spacial score (nSPS) is 14.3. The second kappa shape index (κ2) is 30.6. The van der Waals surface area contributed by atoms with Gasteiger partial charge in [-0.25, -0.2) is 0 Å². The van der Waals surface area contributed by atoms with Gasteiger partial charge in [-0.2, -0.15) is 23.5 Å². The summed E-state index contributed by atoms with van der Waals surface area (Å²) in [4.78, 5) is 5.50. The van der Waals surface area contributed by atoms with Gasteiger partial charge < -0.3 is 9.80 Å². The molecular weight excluding hydrogens is 501 g/mol. The highest BCUT2D eigenvalue weighted by Gasteiger charge is 2.13. The van der Waals surface area contributed by atoms with Crippen molar-refractivity contribution in [1.29, 1.82) is 0 Å². The van der Waals surface area contributed by atoms with E-state index in [0.29, 0.717) is 0 Å². The van der Waals surface area contributed by atoms with Gasteiger partial charge in [-0.1, -0.05) is 117 Å². The summed E-state index contributed by atoms with van der Waals surface area (Å²) in [5, 5.41) is 0. The van der Waals surface area contributed by atoms with Crippen molar-refractivity contribution >= 4 is 23.5 Å². The minimum Gasteiger partial charge on any atom is -0.302 e. The monoisotopic (exact) mass is 570 g/mol. The van der Waals surface area contributed by atoms with E-state index in [2.05, 4.69) is 47.2 Å². The molecule has 0 aliphatic carbocycles. The van der Waals surface area contributed by atoms with Crippen molar-refractivity contribution in [3.05, 3.63) is 0 Å². The van der Waals surface area contributed by atoms with Crippen LogP contribution in [0.4, 0.5) is 0 Å². The van der Waals surface area contributed by atoms with Crippen LogP contribution in [0.3, 0.4) is 0 Å². The van der Waals surface area contributed by atoms with Crippen LogP contribution in [0.1, 0.15) is 155 Å². The molecule has 0 N–H and O–H groups in total. The number of hydrogen-bond acceptors (Lipinski definition) is 4. The molecule has 1 aliphatic rings. The molecule has 0 aromatic heterocycles. The Balaban J connectivity index is 1.98. The quantitative estimate of drug-likeness (QED) is 0.0764. The van der Waals surface area contributed by atoms with Crippen LogP contribution < -0.4 is 0 Å². The largest absolute Gasteiger partial charge is 0.302 e. The first-order valence-electron chi connectivity index (χ1n) is 17.5. The highest BCUT2D eigenvalue weighted by Crippen LogP contribution is 2.15. The third kappa shape index (κ3) is 25.6. The Kier molecular flexibility index (Phi) is 29.5. The minimum atomic E-state index is 1.30. The predicted octanol–water partition coefficient (Wildman–Crippen LogP) is 10.7. The number of unbranched alkanes of at least 4 members (excludes halogenated alkanes) is 16. The van der Waals surface area contributed by atoms with Crippen LogP contribution in [-0.2, 0) is 0 Å². The molecule has 0 amide bonds. The molecule has 228 valence electrons. The maximum absolute atomic E-state index is 2.80. The molecule has 1 rings (SSSR count). The first-order valence-corrected chi connectivity index (χ1v) is 19.8. The van der Waals surface area contributed by atoms with E-state index < -0.39 is 0 Å². The Morgan fingerprint density at radius 2 is 0.816 bits per heavy atom. The second-order valence-electron chi connectivity index (χ2n) is 12.0. The van der Waals surface area contributed by atoms with Crippen molar-refractivity contribution < 1.29 is 0 Å². The Bertz CT molecular complexity index is 412. The van der Waals surface area contributed by atoms with E-state index in [0.717, 1.165) is 0 Å². The third-order valence-corrected chi connectivity index (χ3v) is 10.6.